The Labute approximate surface area is 223 Å². The molecule has 5 aliphatic rings. The Morgan fingerprint density at radius 2 is 1.65 bits per heavy atom. The van der Waals surface area contributed by atoms with Crippen molar-refractivity contribution in [2.75, 3.05) is 13.1 Å². The number of carbonyl (C=O) groups excluding carboxylic acids is 1. The van der Waals surface area contributed by atoms with Crippen molar-refractivity contribution in [1.82, 2.24) is 4.90 Å². The predicted octanol–water partition coefficient (Wildman–Crippen LogP) is 4.13. The van der Waals surface area contributed by atoms with E-state index in [0.29, 0.717) is 41.9 Å². The van der Waals surface area contributed by atoms with Gasteiger partial charge in [0.05, 0.1) is 12.2 Å². The van der Waals surface area contributed by atoms with Crippen molar-refractivity contribution < 1.29 is 28.0 Å². The molecule has 5 rings (SSSR count). The zero-order valence-corrected chi connectivity index (χ0v) is 24.0. The van der Waals surface area contributed by atoms with E-state index in [1.54, 1.807) is 4.90 Å². The van der Waals surface area contributed by atoms with Gasteiger partial charge in [-0.1, -0.05) is 34.1 Å². The highest BCUT2D eigenvalue weighted by atomic mass is 32.2. The van der Waals surface area contributed by atoms with Crippen LogP contribution in [0.5, 0.6) is 0 Å². The van der Waals surface area contributed by atoms with Gasteiger partial charge in [-0.25, -0.2) is 0 Å². The van der Waals surface area contributed by atoms with E-state index in [-0.39, 0.29) is 48.0 Å². The lowest BCUT2D eigenvalue weighted by Gasteiger charge is -2.64. The van der Waals surface area contributed by atoms with Gasteiger partial charge < -0.3 is 15.1 Å². The molecular formula is C29H49NO6S. The van der Waals surface area contributed by atoms with Crippen molar-refractivity contribution in [1.29, 1.82) is 0 Å². The third kappa shape index (κ3) is 4.50. The molecule has 7 nitrogen and oxygen atoms in total. The Bertz CT molecular complexity index is 981. The van der Waals surface area contributed by atoms with E-state index < -0.39 is 15.4 Å². The van der Waals surface area contributed by atoms with Crippen LogP contribution in [-0.2, 0) is 14.9 Å². The van der Waals surface area contributed by atoms with Gasteiger partial charge in [-0.15, -0.1) is 0 Å². The van der Waals surface area contributed by atoms with Crippen LogP contribution >= 0.6 is 0 Å². The molecule has 0 bridgehead atoms. The van der Waals surface area contributed by atoms with Gasteiger partial charge >= 0.3 is 0 Å². The molecule has 4 saturated carbocycles. The normalized spacial score (nSPS) is 46.9. The molecule has 1 amide bonds. The fourth-order valence-electron chi connectivity index (χ4n) is 10.5. The molecule has 3 N–H and O–H groups in total. The summed E-state index contributed by atoms with van der Waals surface area (Å²) in [7, 11) is -4.06. The largest absolute Gasteiger partial charge is 0.393 e. The molecule has 0 aromatic carbocycles. The number of rotatable bonds is 6. The zero-order chi connectivity index (χ0) is 26.9. The van der Waals surface area contributed by atoms with E-state index in [2.05, 4.69) is 27.7 Å². The number of carbonyl (C=O) groups is 1. The van der Waals surface area contributed by atoms with Gasteiger partial charge in [0.1, 0.15) is 5.25 Å². The first-order valence-corrected chi connectivity index (χ1v) is 16.4. The Hall–Kier alpha value is -0.700. The van der Waals surface area contributed by atoms with Gasteiger partial charge in [0, 0.05) is 19.5 Å². The number of fused-ring (bicyclic) bond motifs is 5. The summed E-state index contributed by atoms with van der Waals surface area (Å²) in [4.78, 5) is 14.2. The van der Waals surface area contributed by atoms with Crippen LogP contribution in [0.3, 0.4) is 0 Å². The first-order valence-electron chi connectivity index (χ1n) is 14.9. The second-order valence-corrected chi connectivity index (χ2v) is 15.8. The van der Waals surface area contributed by atoms with E-state index in [1.807, 2.05) is 0 Å². The van der Waals surface area contributed by atoms with Crippen molar-refractivity contribution in [2.24, 2.45) is 52.3 Å². The number of hydrogen-bond donors (Lipinski definition) is 3. The minimum Gasteiger partial charge on any atom is -0.393 e. The average molecular weight is 540 g/mol. The second kappa shape index (κ2) is 9.74. The highest BCUT2D eigenvalue weighted by Gasteiger charge is 2.64. The Balaban J connectivity index is 1.26. The Morgan fingerprint density at radius 3 is 2.30 bits per heavy atom. The van der Waals surface area contributed by atoms with E-state index in [9.17, 15) is 23.4 Å². The zero-order valence-electron chi connectivity index (χ0n) is 23.2. The maximum atomic E-state index is 12.7. The molecule has 0 spiro atoms. The fraction of sp³-hybridized carbons (Fsp3) is 0.966. The van der Waals surface area contributed by atoms with Crippen molar-refractivity contribution >= 4 is 16.0 Å². The van der Waals surface area contributed by atoms with Gasteiger partial charge in [0.15, 0.2) is 0 Å². The van der Waals surface area contributed by atoms with Crippen molar-refractivity contribution in [3.63, 3.8) is 0 Å². The molecule has 1 heterocycles. The SMILES string of the molecule is CCC1C(O)C2C3CCC(C(C)CCC(=O)N4CC(S(=O)(=O)O)C4)C3(C)CCC2C2(C)CCC(O)CC12. The van der Waals surface area contributed by atoms with Gasteiger partial charge in [-0.05, 0) is 104 Å². The topological polar surface area (TPSA) is 115 Å². The number of nitrogens with zero attached hydrogens (tertiary/aromatic N) is 1. The van der Waals surface area contributed by atoms with Crippen LogP contribution in [0.2, 0.25) is 0 Å². The molecule has 8 heteroatoms. The molecule has 11 atom stereocenters. The number of hydrogen-bond acceptors (Lipinski definition) is 5. The number of aliphatic hydroxyl groups excluding tert-OH is 2. The van der Waals surface area contributed by atoms with Gasteiger partial charge in [0.2, 0.25) is 5.91 Å². The molecule has 1 saturated heterocycles. The summed E-state index contributed by atoms with van der Waals surface area (Å²) < 4.78 is 31.7. The number of aliphatic hydroxyl groups is 2. The lowest BCUT2D eigenvalue weighted by Crippen LogP contribution is -2.62. The molecular weight excluding hydrogens is 490 g/mol. The van der Waals surface area contributed by atoms with E-state index in [4.69, 9.17) is 4.55 Å². The molecule has 1 aliphatic heterocycles. The van der Waals surface area contributed by atoms with Crippen LogP contribution in [0.15, 0.2) is 0 Å². The third-order valence-electron chi connectivity index (χ3n) is 12.6. The number of amides is 1. The lowest BCUT2D eigenvalue weighted by molar-refractivity contribution is -0.203. The molecule has 0 radical (unpaired) electrons. The van der Waals surface area contributed by atoms with Crippen LogP contribution in [0.25, 0.3) is 0 Å². The van der Waals surface area contributed by atoms with Crippen LogP contribution in [0.4, 0.5) is 0 Å². The molecule has 0 aromatic heterocycles. The maximum Gasteiger partial charge on any atom is 0.271 e. The molecule has 0 aromatic rings. The van der Waals surface area contributed by atoms with E-state index in [1.165, 1.54) is 6.42 Å². The molecule has 11 unspecified atom stereocenters. The molecule has 37 heavy (non-hydrogen) atoms. The number of likely N-dealkylation sites (tertiary alicyclic amines) is 1. The van der Waals surface area contributed by atoms with E-state index in [0.717, 1.165) is 51.4 Å². The van der Waals surface area contributed by atoms with Crippen LogP contribution in [0.1, 0.15) is 91.9 Å². The highest BCUT2D eigenvalue weighted by Crippen LogP contribution is 2.69. The van der Waals surface area contributed by atoms with Crippen molar-refractivity contribution in [3.05, 3.63) is 0 Å². The minimum absolute atomic E-state index is 0.0119. The second-order valence-electron chi connectivity index (χ2n) is 14.1. The summed E-state index contributed by atoms with van der Waals surface area (Å²) in [6, 6.07) is 0. The lowest BCUT2D eigenvalue weighted by atomic mass is 9.41. The average Bonchev–Trinajstić information content (AvgIpc) is 3.14. The molecule has 212 valence electrons. The smallest absolute Gasteiger partial charge is 0.271 e. The summed E-state index contributed by atoms with van der Waals surface area (Å²) in [6.45, 7) is 9.63. The Morgan fingerprint density at radius 1 is 1.00 bits per heavy atom. The Kier molecular flexibility index (Phi) is 7.33. The summed E-state index contributed by atoms with van der Waals surface area (Å²) in [5.74, 6) is 2.95. The van der Waals surface area contributed by atoms with E-state index >= 15 is 0 Å². The summed E-state index contributed by atoms with van der Waals surface area (Å²) in [5, 5.41) is 21.5. The molecule has 4 aliphatic carbocycles. The summed E-state index contributed by atoms with van der Waals surface area (Å²) >= 11 is 0. The van der Waals surface area contributed by atoms with Crippen LogP contribution in [-0.4, -0.2) is 64.5 Å². The predicted molar refractivity (Wildman–Crippen MR) is 142 cm³/mol. The minimum atomic E-state index is -4.06. The quantitative estimate of drug-likeness (QED) is 0.437. The summed E-state index contributed by atoms with van der Waals surface area (Å²) in [6.07, 6.45) is 9.11. The van der Waals surface area contributed by atoms with Crippen molar-refractivity contribution in [2.45, 2.75) is 109 Å². The standard InChI is InChI=1S/C29H49NO6S/c1-5-20-24-14-18(31)10-12-29(24,4)23-11-13-28(3)21(7-8-22(28)26(23)27(20)33)17(2)6-9-25(32)30-15-19(16-30)37(34,35)36/h17-24,26-27,31,33H,5-16H2,1-4H3,(H,34,35,36). The van der Waals surface area contributed by atoms with Crippen molar-refractivity contribution in [3.8, 4) is 0 Å². The first kappa shape index (κ1) is 27.9. The van der Waals surface area contributed by atoms with Gasteiger partial charge in [-0.2, -0.15) is 8.42 Å². The fourth-order valence-corrected chi connectivity index (χ4v) is 11.2. The first-order chi connectivity index (χ1) is 17.3. The third-order valence-corrected chi connectivity index (χ3v) is 13.7. The van der Waals surface area contributed by atoms with Crippen LogP contribution < -0.4 is 0 Å². The highest BCUT2D eigenvalue weighted by molar-refractivity contribution is 7.86. The maximum absolute atomic E-state index is 12.7. The van der Waals surface area contributed by atoms with Gasteiger partial charge in [0.25, 0.3) is 10.1 Å². The van der Waals surface area contributed by atoms with Crippen LogP contribution in [0, 0.1) is 52.3 Å². The monoisotopic (exact) mass is 539 g/mol. The molecule has 5 fully saturated rings. The summed E-state index contributed by atoms with van der Waals surface area (Å²) in [5.41, 5.74) is 0.380. The van der Waals surface area contributed by atoms with Gasteiger partial charge in [-0.3, -0.25) is 9.35 Å².